The fraction of sp³-hybridized carbons (Fsp3) is 0.292. The highest BCUT2D eigenvalue weighted by Crippen LogP contribution is 2.34. The van der Waals surface area contributed by atoms with Crippen LogP contribution < -0.4 is 20.9 Å². The zero-order valence-corrected chi connectivity index (χ0v) is 20.1. The van der Waals surface area contributed by atoms with E-state index in [0.29, 0.717) is 40.7 Å². The molecule has 4 atom stereocenters. The predicted octanol–water partition coefficient (Wildman–Crippen LogP) is 0.379. The minimum Gasteiger partial charge on any atom is -0.495 e. The molecule has 4 heterocycles. The third kappa shape index (κ3) is 4.80. The van der Waals surface area contributed by atoms with Crippen molar-refractivity contribution in [1.82, 2.24) is 35.4 Å². The quantitative estimate of drug-likeness (QED) is 0.209. The second kappa shape index (κ2) is 10.4. The summed E-state index contributed by atoms with van der Waals surface area (Å²) in [5.74, 6) is 0.685. The van der Waals surface area contributed by atoms with Gasteiger partial charge in [0.1, 0.15) is 18.0 Å². The second-order valence-corrected chi connectivity index (χ2v) is 8.34. The van der Waals surface area contributed by atoms with Gasteiger partial charge in [-0.25, -0.2) is 20.4 Å². The maximum atomic E-state index is 12.3. The number of imidazole rings is 1. The number of anilines is 1. The topological polar surface area (TPSA) is 169 Å². The Morgan fingerprint density at radius 2 is 1.97 bits per heavy atom. The lowest BCUT2D eigenvalue weighted by Crippen LogP contribution is -2.46. The number of nitrogens with one attached hydrogen (secondary N) is 3. The first-order valence-corrected chi connectivity index (χ1v) is 11.5. The number of rotatable bonds is 8. The number of aromatic nitrogens is 5. The first kappa shape index (κ1) is 24.5. The number of fused-ring (bicyclic) bond motifs is 1. The molecule has 1 aromatic carbocycles. The van der Waals surface area contributed by atoms with Crippen LogP contribution >= 0.6 is 0 Å². The zero-order chi connectivity index (χ0) is 25.9. The molecule has 5 rings (SSSR count). The van der Waals surface area contributed by atoms with Crippen LogP contribution in [0.25, 0.3) is 22.6 Å². The number of aliphatic hydroxyl groups is 2. The van der Waals surface area contributed by atoms with Crippen LogP contribution in [0.3, 0.4) is 0 Å². The van der Waals surface area contributed by atoms with Gasteiger partial charge < -0.3 is 25.0 Å². The van der Waals surface area contributed by atoms with Gasteiger partial charge in [-0.2, -0.15) is 0 Å². The minimum atomic E-state index is -1.46. The third-order valence-corrected chi connectivity index (χ3v) is 5.95. The van der Waals surface area contributed by atoms with Gasteiger partial charge in [0.15, 0.2) is 35.1 Å². The maximum absolute atomic E-state index is 12.3. The number of amides is 1. The Balaban J connectivity index is 1.57. The van der Waals surface area contributed by atoms with Gasteiger partial charge in [-0.1, -0.05) is 30.3 Å². The van der Waals surface area contributed by atoms with Crippen molar-refractivity contribution in [3.63, 3.8) is 0 Å². The lowest BCUT2D eigenvalue weighted by Gasteiger charge is -2.17. The van der Waals surface area contributed by atoms with Gasteiger partial charge in [0.2, 0.25) is 0 Å². The number of aliphatic hydroxyl groups excluding tert-OH is 2. The normalized spacial score (nSPS) is 21.2. The lowest BCUT2D eigenvalue weighted by atomic mass is 10.1. The van der Waals surface area contributed by atoms with Gasteiger partial charge in [0.25, 0.3) is 5.91 Å². The molecule has 0 spiro atoms. The van der Waals surface area contributed by atoms with Crippen LogP contribution in [0.4, 0.5) is 5.82 Å². The van der Waals surface area contributed by atoms with E-state index in [9.17, 15) is 15.0 Å². The smallest absolute Gasteiger partial charge is 0.266 e. The number of carbonyl (C=O) groups is 1. The molecule has 13 heteroatoms. The lowest BCUT2D eigenvalue weighted by molar-refractivity contribution is -0.138. The summed E-state index contributed by atoms with van der Waals surface area (Å²) in [6, 6.07) is 11.5. The molecule has 0 bridgehead atoms. The summed E-state index contributed by atoms with van der Waals surface area (Å²) in [5.41, 5.74) is 7.23. The van der Waals surface area contributed by atoms with Gasteiger partial charge >= 0.3 is 0 Å². The molecular formula is C24H26N8O5. The Kier molecular flexibility index (Phi) is 6.92. The molecule has 1 aliphatic heterocycles. The van der Waals surface area contributed by atoms with E-state index >= 15 is 0 Å². The zero-order valence-electron chi connectivity index (χ0n) is 20.1. The van der Waals surface area contributed by atoms with Crippen LogP contribution in [0.15, 0.2) is 55.1 Å². The molecule has 37 heavy (non-hydrogen) atoms. The summed E-state index contributed by atoms with van der Waals surface area (Å²) >= 11 is 0. The number of carbonyl (C=O) groups excluding carboxylic acids is 1. The van der Waals surface area contributed by atoms with Gasteiger partial charge in [0.05, 0.1) is 19.6 Å². The standard InChI is InChI=1S/C24H26N8O5/c1-25-31-23(35)19-17(33)18(34)24(37-19)32-12-28-16-21(27-9-13-6-4-3-5-7-13)29-20(30-22(16)32)14-8-15(36-2)11-26-10-14/h3-8,10-12,17-19,24-25,33-34H,9H2,1-2H3,(H,31,35)(H,27,29,30)/t17-,18+,19-,24+/m0/s1. The molecule has 5 N–H and O–H groups in total. The van der Waals surface area contributed by atoms with Crippen LogP contribution in [0.1, 0.15) is 11.8 Å². The molecule has 13 nitrogen and oxygen atoms in total. The van der Waals surface area contributed by atoms with Gasteiger partial charge in [-0.05, 0) is 11.6 Å². The number of benzene rings is 1. The van der Waals surface area contributed by atoms with Crippen molar-refractivity contribution in [2.24, 2.45) is 0 Å². The molecule has 192 valence electrons. The van der Waals surface area contributed by atoms with E-state index in [0.717, 1.165) is 5.56 Å². The fourth-order valence-electron chi connectivity index (χ4n) is 4.09. The van der Waals surface area contributed by atoms with Gasteiger partial charge in [-0.15, -0.1) is 0 Å². The van der Waals surface area contributed by atoms with Crippen molar-refractivity contribution in [1.29, 1.82) is 0 Å². The molecule has 0 aliphatic carbocycles. The molecule has 1 amide bonds. The number of hydrazine groups is 1. The highest BCUT2D eigenvalue weighted by atomic mass is 16.6. The number of pyridine rings is 1. The van der Waals surface area contributed by atoms with E-state index in [2.05, 4.69) is 36.1 Å². The molecule has 0 radical (unpaired) electrons. The maximum Gasteiger partial charge on any atom is 0.266 e. The third-order valence-electron chi connectivity index (χ3n) is 5.95. The first-order valence-electron chi connectivity index (χ1n) is 11.5. The Labute approximate surface area is 211 Å². The molecule has 1 aliphatic rings. The molecule has 4 aromatic rings. The Morgan fingerprint density at radius 1 is 1.16 bits per heavy atom. The van der Waals surface area contributed by atoms with Crippen LogP contribution in [-0.2, 0) is 16.1 Å². The second-order valence-electron chi connectivity index (χ2n) is 8.34. The van der Waals surface area contributed by atoms with Crippen molar-refractivity contribution in [2.45, 2.75) is 31.1 Å². The summed E-state index contributed by atoms with van der Waals surface area (Å²) in [6.45, 7) is 0.475. The Bertz CT molecular complexity index is 1400. The predicted molar refractivity (Wildman–Crippen MR) is 132 cm³/mol. The SMILES string of the molecule is CNNC(=O)[C@H]1O[C@@H](n2cnc3c(NCc4ccccc4)nc(-c4cncc(OC)c4)nc32)[C@H](O)[C@@H]1O. The molecule has 3 aromatic heterocycles. The Hall–Kier alpha value is -4.17. The number of hydrogen-bond donors (Lipinski definition) is 5. The number of ether oxygens (including phenoxy) is 2. The van der Waals surface area contributed by atoms with Gasteiger partial charge in [-0.3, -0.25) is 19.8 Å². The van der Waals surface area contributed by atoms with Crippen LogP contribution in [0, 0.1) is 0 Å². The van der Waals surface area contributed by atoms with Crippen molar-refractivity contribution < 1.29 is 24.5 Å². The summed E-state index contributed by atoms with van der Waals surface area (Å²) in [6.07, 6.45) is -0.696. The van der Waals surface area contributed by atoms with E-state index in [4.69, 9.17) is 9.47 Å². The average Bonchev–Trinajstić information content (AvgIpc) is 3.48. The van der Waals surface area contributed by atoms with E-state index in [1.54, 1.807) is 18.5 Å². The monoisotopic (exact) mass is 506 g/mol. The fourth-order valence-corrected chi connectivity index (χ4v) is 4.09. The van der Waals surface area contributed by atoms with Crippen molar-refractivity contribution in [3.8, 4) is 17.1 Å². The molecule has 0 unspecified atom stereocenters. The van der Waals surface area contributed by atoms with Crippen LogP contribution in [-0.4, -0.2) is 73.1 Å². The molecule has 1 fully saturated rings. The van der Waals surface area contributed by atoms with Crippen molar-refractivity contribution in [3.05, 3.63) is 60.7 Å². The number of nitrogens with zero attached hydrogens (tertiary/aromatic N) is 5. The molecule has 0 saturated carbocycles. The van der Waals surface area contributed by atoms with E-state index in [1.165, 1.54) is 25.1 Å². The molecule has 1 saturated heterocycles. The van der Waals surface area contributed by atoms with E-state index in [-0.39, 0.29) is 0 Å². The largest absolute Gasteiger partial charge is 0.495 e. The summed E-state index contributed by atoms with van der Waals surface area (Å²) in [4.78, 5) is 30.3. The number of methoxy groups -OCH3 is 1. The first-order chi connectivity index (χ1) is 18.0. The molecular weight excluding hydrogens is 480 g/mol. The number of hydrogen-bond acceptors (Lipinski definition) is 11. The average molecular weight is 507 g/mol. The summed E-state index contributed by atoms with van der Waals surface area (Å²) in [7, 11) is 3.05. The summed E-state index contributed by atoms with van der Waals surface area (Å²) in [5, 5.41) is 24.5. The van der Waals surface area contributed by atoms with Gasteiger partial charge in [0, 0.05) is 25.4 Å². The Morgan fingerprint density at radius 3 is 2.73 bits per heavy atom. The summed E-state index contributed by atoms with van der Waals surface area (Å²) < 4.78 is 12.5. The minimum absolute atomic E-state index is 0.328. The van der Waals surface area contributed by atoms with E-state index < -0.39 is 30.4 Å². The van der Waals surface area contributed by atoms with E-state index in [1.807, 2.05) is 30.3 Å². The van der Waals surface area contributed by atoms with Crippen LogP contribution in [0.2, 0.25) is 0 Å². The van der Waals surface area contributed by atoms with Crippen molar-refractivity contribution in [2.75, 3.05) is 19.5 Å². The van der Waals surface area contributed by atoms with Crippen LogP contribution in [0.5, 0.6) is 5.75 Å². The highest BCUT2D eigenvalue weighted by Gasteiger charge is 2.47. The van der Waals surface area contributed by atoms with Crippen molar-refractivity contribution >= 4 is 22.9 Å². The highest BCUT2D eigenvalue weighted by molar-refractivity contribution is 5.85.